The standard InChI is InChI=1S/C12H16N2/c1-7-6-13-14-11(5)9(3)8(2)10(4)12(7)14/h6H,1-5H3. The van der Waals surface area contributed by atoms with Crippen LogP contribution in [0.3, 0.4) is 0 Å². The van der Waals surface area contributed by atoms with E-state index in [9.17, 15) is 0 Å². The van der Waals surface area contributed by atoms with Gasteiger partial charge in [-0.2, -0.15) is 5.10 Å². The molecule has 0 atom stereocenters. The van der Waals surface area contributed by atoms with Crippen molar-refractivity contribution in [2.24, 2.45) is 0 Å². The van der Waals surface area contributed by atoms with E-state index >= 15 is 0 Å². The topological polar surface area (TPSA) is 17.3 Å². The summed E-state index contributed by atoms with van der Waals surface area (Å²) >= 11 is 0. The normalized spacial score (nSPS) is 11.2. The maximum Gasteiger partial charge on any atom is 0.0725 e. The van der Waals surface area contributed by atoms with Crippen LogP contribution in [0.15, 0.2) is 6.20 Å². The summed E-state index contributed by atoms with van der Waals surface area (Å²) in [4.78, 5) is 0. The molecule has 0 aliphatic rings. The van der Waals surface area contributed by atoms with Gasteiger partial charge in [-0.1, -0.05) is 0 Å². The quantitative estimate of drug-likeness (QED) is 0.621. The number of fused-ring (bicyclic) bond motifs is 1. The van der Waals surface area contributed by atoms with Crippen molar-refractivity contribution in [3.05, 3.63) is 34.1 Å². The first-order valence-corrected chi connectivity index (χ1v) is 4.94. The van der Waals surface area contributed by atoms with Gasteiger partial charge in [0.2, 0.25) is 0 Å². The maximum absolute atomic E-state index is 4.40. The highest BCUT2D eigenvalue weighted by Gasteiger charge is 2.11. The van der Waals surface area contributed by atoms with Crippen LogP contribution in [0, 0.1) is 34.6 Å². The predicted molar refractivity (Wildman–Crippen MR) is 58.9 cm³/mol. The molecule has 0 spiro atoms. The molecular weight excluding hydrogens is 172 g/mol. The predicted octanol–water partition coefficient (Wildman–Crippen LogP) is 2.88. The Morgan fingerprint density at radius 2 is 1.57 bits per heavy atom. The van der Waals surface area contributed by atoms with Crippen molar-refractivity contribution >= 4 is 5.52 Å². The third-order valence-corrected chi connectivity index (χ3v) is 3.29. The first kappa shape index (κ1) is 9.25. The molecular formula is C12H16N2. The van der Waals surface area contributed by atoms with E-state index in [-0.39, 0.29) is 0 Å². The van der Waals surface area contributed by atoms with Crippen LogP contribution in [0.25, 0.3) is 5.52 Å². The molecule has 2 nitrogen and oxygen atoms in total. The van der Waals surface area contributed by atoms with Crippen LogP contribution in [0.5, 0.6) is 0 Å². The van der Waals surface area contributed by atoms with E-state index in [1.54, 1.807) is 0 Å². The van der Waals surface area contributed by atoms with Crippen LogP contribution < -0.4 is 0 Å². The summed E-state index contributed by atoms with van der Waals surface area (Å²) in [5, 5.41) is 4.40. The first-order chi connectivity index (χ1) is 6.54. The second-order valence-corrected chi connectivity index (χ2v) is 4.05. The van der Waals surface area contributed by atoms with Gasteiger partial charge in [0, 0.05) is 5.69 Å². The lowest BCUT2D eigenvalue weighted by Gasteiger charge is -2.12. The monoisotopic (exact) mass is 188 g/mol. The Labute approximate surface area is 84.6 Å². The minimum absolute atomic E-state index is 1.25. The Hall–Kier alpha value is -1.31. The lowest BCUT2D eigenvalue weighted by atomic mass is 10.0. The molecule has 74 valence electrons. The fourth-order valence-electron chi connectivity index (χ4n) is 2.03. The zero-order valence-corrected chi connectivity index (χ0v) is 9.47. The number of rotatable bonds is 0. The van der Waals surface area contributed by atoms with Gasteiger partial charge in [-0.3, -0.25) is 0 Å². The van der Waals surface area contributed by atoms with Crippen molar-refractivity contribution < 1.29 is 0 Å². The van der Waals surface area contributed by atoms with Gasteiger partial charge >= 0.3 is 0 Å². The molecule has 0 aliphatic carbocycles. The molecule has 0 unspecified atom stereocenters. The molecule has 2 heterocycles. The zero-order valence-electron chi connectivity index (χ0n) is 9.47. The van der Waals surface area contributed by atoms with Gasteiger partial charge in [0.15, 0.2) is 0 Å². The lowest BCUT2D eigenvalue weighted by Crippen LogP contribution is -2.02. The van der Waals surface area contributed by atoms with Crippen LogP contribution in [0.4, 0.5) is 0 Å². The van der Waals surface area contributed by atoms with E-state index in [1.807, 2.05) is 10.7 Å². The Bertz CT molecular complexity index is 507. The molecule has 0 aliphatic heterocycles. The fourth-order valence-corrected chi connectivity index (χ4v) is 2.03. The number of hydrogen-bond donors (Lipinski definition) is 0. The van der Waals surface area contributed by atoms with Crippen LogP contribution in [-0.2, 0) is 0 Å². The van der Waals surface area contributed by atoms with Crippen molar-refractivity contribution in [1.82, 2.24) is 9.61 Å². The molecule has 0 N–H and O–H groups in total. The summed E-state index contributed by atoms with van der Waals surface area (Å²) < 4.78 is 2.05. The average molecular weight is 188 g/mol. The molecule has 0 fully saturated rings. The second-order valence-electron chi connectivity index (χ2n) is 4.05. The van der Waals surface area contributed by atoms with Crippen LogP contribution in [-0.4, -0.2) is 9.61 Å². The van der Waals surface area contributed by atoms with Crippen molar-refractivity contribution in [1.29, 1.82) is 0 Å². The summed E-state index contributed by atoms with van der Waals surface area (Å²) in [5.41, 5.74) is 7.86. The SMILES string of the molecule is Cc1c(C)c(C)n2ncc(C)c2c1C. The van der Waals surface area contributed by atoms with Crippen molar-refractivity contribution in [2.75, 3.05) is 0 Å². The molecule has 0 bridgehead atoms. The maximum atomic E-state index is 4.40. The minimum Gasteiger partial charge on any atom is -0.237 e. The number of hydrogen-bond acceptors (Lipinski definition) is 1. The van der Waals surface area contributed by atoms with E-state index in [2.05, 4.69) is 39.7 Å². The number of aromatic nitrogens is 2. The molecule has 0 saturated heterocycles. The van der Waals surface area contributed by atoms with Gasteiger partial charge in [0.25, 0.3) is 0 Å². The summed E-state index contributed by atoms with van der Waals surface area (Å²) in [5.74, 6) is 0. The highest BCUT2D eigenvalue weighted by molar-refractivity contribution is 5.64. The van der Waals surface area contributed by atoms with Crippen molar-refractivity contribution in [2.45, 2.75) is 34.6 Å². The Balaban J connectivity index is 3.05. The van der Waals surface area contributed by atoms with E-state index < -0.39 is 0 Å². The third-order valence-electron chi connectivity index (χ3n) is 3.29. The molecule has 0 radical (unpaired) electrons. The lowest BCUT2D eigenvalue weighted by molar-refractivity contribution is 0.891. The van der Waals surface area contributed by atoms with Gasteiger partial charge in [0.1, 0.15) is 0 Å². The van der Waals surface area contributed by atoms with E-state index in [4.69, 9.17) is 0 Å². The molecule has 14 heavy (non-hydrogen) atoms. The van der Waals surface area contributed by atoms with Crippen LogP contribution in [0.2, 0.25) is 0 Å². The van der Waals surface area contributed by atoms with E-state index in [1.165, 1.54) is 33.5 Å². The summed E-state index contributed by atoms with van der Waals surface area (Å²) in [6, 6.07) is 0. The molecule has 2 aromatic rings. The van der Waals surface area contributed by atoms with E-state index in [0.717, 1.165) is 0 Å². The molecule has 0 saturated carbocycles. The summed E-state index contributed by atoms with van der Waals surface area (Å²) in [7, 11) is 0. The second kappa shape index (κ2) is 2.84. The summed E-state index contributed by atoms with van der Waals surface area (Å²) in [6.45, 7) is 10.8. The Kier molecular flexibility index (Phi) is 1.88. The number of aryl methyl sites for hydroxylation is 3. The van der Waals surface area contributed by atoms with E-state index in [0.29, 0.717) is 0 Å². The molecule has 0 aromatic carbocycles. The zero-order chi connectivity index (χ0) is 10.5. The highest BCUT2D eigenvalue weighted by Crippen LogP contribution is 2.23. The molecule has 2 aromatic heterocycles. The smallest absolute Gasteiger partial charge is 0.0725 e. The third kappa shape index (κ3) is 0.999. The highest BCUT2D eigenvalue weighted by atomic mass is 15.2. The largest absolute Gasteiger partial charge is 0.237 e. The van der Waals surface area contributed by atoms with Gasteiger partial charge in [0.05, 0.1) is 11.7 Å². The Morgan fingerprint density at radius 3 is 2.21 bits per heavy atom. The van der Waals surface area contributed by atoms with Crippen LogP contribution in [0.1, 0.15) is 27.9 Å². The first-order valence-electron chi connectivity index (χ1n) is 4.94. The Morgan fingerprint density at radius 1 is 0.929 bits per heavy atom. The fraction of sp³-hybridized carbons (Fsp3) is 0.417. The molecule has 2 heteroatoms. The number of nitrogens with zero attached hydrogens (tertiary/aromatic N) is 2. The van der Waals surface area contributed by atoms with Crippen LogP contribution >= 0.6 is 0 Å². The molecule has 0 amide bonds. The van der Waals surface area contributed by atoms with Gasteiger partial charge in [-0.15, -0.1) is 0 Å². The van der Waals surface area contributed by atoms with Crippen molar-refractivity contribution in [3.8, 4) is 0 Å². The van der Waals surface area contributed by atoms with Gasteiger partial charge in [-0.05, 0) is 56.9 Å². The van der Waals surface area contributed by atoms with Gasteiger partial charge < -0.3 is 0 Å². The molecule has 2 rings (SSSR count). The average Bonchev–Trinajstić information content (AvgIpc) is 2.54. The summed E-state index contributed by atoms with van der Waals surface area (Å²) in [6.07, 6.45) is 1.94. The van der Waals surface area contributed by atoms with Gasteiger partial charge in [-0.25, -0.2) is 4.52 Å². The number of pyridine rings is 1. The minimum atomic E-state index is 1.25. The van der Waals surface area contributed by atoms with Crippen molar-refractivity contribution in [3.63, 3.8) is 0 Å².